The summed E-state index contributed by atoms with van der Waals surface area (Å²) in [5.41, 5.74) is 2.56. The molecule has 1 N–H and O–H groups in total. The van der Waals surface area contributed by atoms with Crippen LogP contribution in [0.25, 0.3) is 10.2 Å². The molecule has 0 radical (unpaired) electrons. The summed E-state index contributed by atoms with van der Waals surface area (Å²) >= 11 is 1.26. The van der Waals surface area contributed by atoms with E-state index in [1.54, 1.807) is 11.5 Å². The molecule has 3 rings (SSSR count). The lowest BCUT2D eigenvalue weighted by Gasteiger charge is -2.05. The molecule has 0 saturated carbocycles. The first-order valence-corrected chi connectivity index (χ1v) is 8.75. The molecule has 5 nitrogen and oxygen atoms in total. The summed E-state index contributed by atoms with van der Waals surface area (Å²) in [5, 5.41) is 3.43. The van der Waals surface area contributed by atoms with Crippen LogP contribution in [0.15, 0.2) is 35.4 Å². The largest absolute Gasteiger partial charge is 0.321 e. The fraction of sp³-hybridized carbons (Fsp3) is 0.278. The molecule has 0 unspecified atom stereocenters. The molecule has 0 saturated heterocycles. The van der Waals surface area contributed by atoms with E-state index >= 15 is 0 Å². The summed E-state index contributed by atoms with van der Waals surface area (Å²) < 4.78 is 1.55. The van der Waals surface area contributed by atoms with Gasteiger partial charge in [0.15, 0.2) is 0 Å². The van der Waals surface area contributed by atoms with E-state index in [1.807, 2.05) is 31.2 Å². The predicted molar refractivity (Wildman–Crippen MR) is 98.1 cm³/mol. The van der Waals surface area contributed by atoms with Crippen LogP contribution in [-0.4, -0.2) is 15.5 Å². The van der Waals surface area contributed by atoms with Gasteiger partial charge in [-0.25, -0.2) is 4.98 Å². The van der Waals surface area contributed by atoms with E-state index in [0.717, 1.165) is 12.1 Å². The number of hydrogen-bond donors (Lipinski definition) is 1. The van der Waals surface area contributed by atoms with Crippen molar-refractivity contribution < 1.29 is 4.79 Å². The van der Waals surface area contributed by atoms with Gasteiger partial charge in [-0.1, -0.05) is 19.1 Å². The molecule has 2 heterocycles. The average Bonchev–Trinajstić information content (AvgIpc) is 2.93. The highest BCUT2D eigenvalue weighted by Crippen LogP contribution is 2.27. The third-order valence-electron chi connectivity index (χ3n) is 4.08. The lowest BCUT2D eigenvalue weighted by atomic mass is 10.1. The van der Waals surface area contributed by atoms with Crippen LogP contribution in [0.4, 0.5) is 5.69 Å². The van der Waals surface area contributed by atoms with E-state index in [2.05, 4.69) is 17.2 Å². The lowest BCUT2D eigenvalue weighted by Crippen LogP contribution is -2.19. The molecule has 0 spiro atoms. The molecular weight excluding hydrogens is 322 g/mol. The van der Waals surface area contributed by atoms with Crippen molar-refractivity contribution in [1.82, 2.24) is 9.55 Å². The van der Waals surface area contributed by atoms with Crippen molar-refractivity contribution in [1.29, 1.82) is 0 Å². The maximum absolute atomic E-state index is 12.6. The highest BCUT2D eigenvalue weighted by Gasteiger charge is 2.19. The molecule has 1 aromatic carbocycles. The van der Waals surface area contributed by atoms with E-state index in [9.17, 15) is 9.59 Å². The number of benzene rings is 1. The van der Waals surface area contributed by atoms with Gasteiger partial charge in [0.25, 0.3) is 11.5 Å². The number of anilines is 1. The number of thiophene rings is 1. The van der Waals surface area contributed by atoms with E-state index < -0.39 is 0 Å². The zero-order valence-corrected chi connectivity index (χ0v) is 14.7. The molecule has 0 aliphatic carbocycles. The minimum atomic E-state index is -0.206. The number of carbonyl (C=O) groups is 1. The zero-order valence-electron chi connectivity index (χ0n) is 13.9. The van der Waals surface area contributed by atoms with Gasteiger partial charge in [0, 0.05) is 12.2 Å². The first-order chi connectivity index (χ1) is 11.5. The minimum Gasteiger partial charge on any atom is -0.321 e. The maximum Gasteiger partial charge on any atom is 0.266 e. The SMILES string of the molecule is CCc1ccc(NC(=O)c2sc3ncn(CC)c(=O)c3c2C)cc1. The Morgan fingerprint density at radius 1 is 1.25 bits per heavy atom. The maximum atomic E-state index is 12.6. The van der Waals surface area contributed by atoms with Crippen LogP contribution in [0.5, 0.6) is 0 Å². The van der Waals surface area contributed by atoms with Crippen molar-refractivity contribution in [3.63, 3.8) is 0 Å². The number of rotatable bonds is 4. The topological polar surface area (TPSA) is 64.0 Å². The molecule has 0 aliphatic rings. The highest BCUT2D eigenvalue weighted by atomic mass is 32.1. The fourth-order valence-electron chi connectivity index (χ4n) is 2.61. The zero-order chi connectivity index (χ0) is 17.3. The quantitative estimate of drug-likeness (QED) is 0.788. The third kappa shape index (κ3) is 2.85. The number of amides is 1. The molecular formula is C18H19N3O2S. The smallest absolute Gasteiger partial charge is 0.266 e. The van der Waals surface area contributed by atoms with Crippen molar-refractivity contribution in [3.05, 3.63) is 57.0 Å². The molecule has 0 aliphatic heterocycles. The van der Waals surface area contributed by atoms with Gasteiger partial charge < -0.3 is 5.32 Å². The van der Waals surface area contributed by atoms with E-state index in [4.69, 9.17) is 0 Å². The fourth-order valence-corrected chi connectivity index (χ4v) is 3.65. The normalized spacial score (nSPS) is 11.0. The van der Waals surface area contributed by atoms with E-state index in [-0.39, 0.29) is 11.5 Å². The molecule has 2 aromatic heterocycles. The molecule has 24 heavy (non-hydrogen) atoms. The second-order valence-electron chi connectivity index (χ2n) is 5.58. The Hall–Kier alpha value is -2.47. The van der Waals surface area contributed by atoms with Gasteiger partial charge >= 0.3 is 0 Å². The average molecular weight is 341 g/mol. The van der Waals surface area contributed by atoms with Crippen LogP contribution < -0.4 is 10.9 Å². The second kappa shape index (κ2) is 6.57. The number of aromatic nitrogens is 2. The second-order valence-corrected chi connectivity index (χ2v) is 6.58. The summed E-state index contributed by atoms with van der Waals surface area (Å²) in [6.45, 7) is 6.34. The molecule has 0 fully saturated rings. The molecule has 0 bridgehead atoms. The van der Waals surface area contributed by atoms with Gasteiger partial charge in [-0.05, 0) is 43.5 Å². The van der Waals surface area contributed by atoms with Gasteiger partial charge in [0.05, 0.1) is 16.6 Å². The van der Waals surface area contributed by atoms with E-state index in [0.29, 0.717) is 27.2 Å². The summed E-state index contributed by atoms with van der Waals surface area (Å²) in [6, 6.07) is 7.77. The lowest BCUT2D eigenvalue weighted by molar-refractivity contribution is 0.103. The van der Waals surface area contributed by atoms with Gasteiger partial charge in [0.1, 0.15) is 4.83 Å². The number of carbonyl (C=O) groups excluding carboxylic acids is 1. The summed E-state index contributed by atoms with van der Waals surface area (Å²) in [6.07, 6.45) is 2.49. The van der Waals surface area contributed by atoms with Gasteiger partial charge in [-0.2, -0.15) is 0 Å². The number of hydrogen-bond acceptors (Lipinski definition) is 4. The van der Waals surface area contributed by atoms with Crippen molar-refractivity contribution in [2.24, 2.45) is 0 Å². The Morgan fingerprint density at radius 3 is 2.58 bits per heavy atom. The van der Waals surface area contributed by atoms with Crippen LogP contribution in [-0.2, 0) is 13.0 Å². The molecule has 0 atom stereocenters. The minimum absolute atomic E-state index is 0.0948. The van der Waals surface area contributed by atoms with Gasteiger partial charge in [-0.15, -0.1) is 11.3 Å². The third-order valence-corrected chi connectivity index (χ3v) is 5.28. The summed E-state index contributed by atoms with van der Waals surface area (Å²) in [5.74, 6) is -0.206. The first-order valence-electron chi connectivity index (χ1n) is 7.94. The van der Waals surface area contributed by atoms with Crippen molar-refractivity contribution in [2.45, 2.75) is 33.7 Å². The molecule has 6 heteroatoms. The first kappa shape index (κ1) is 16.4. The van der Waals surface area contributed by atoms with Crippen LogP contribution in [0.3, 0.4) is 0 Å². The summed E-state index contributed by atoms with van der Waals surface area (Å²) in [4.78, 5) is 30.5. The Labute approximate surface area is 144 Å². The van der Waals surface area contributed by atoms with Crippen molar-refractivity contribution >= 4 is 33.1 Å². The van der Waals surface area contributed by atoms with Crippen LogP contribution >= 0.6 is 11.3 Å². The summed E-state index contributed by atoms with van der Waals surface area (Å²) in [7, 11) is 0. The number of fused-ring (bicyclic) bond motifs is 1. The Kier molecular flexibility index (Phi) is 4.49. The van der Waals surface area contributed by atoms with Crippen LogP contribution in [0.1, 0.15) is 34.6 Å². The number of nitrogens with one attached hydrogen (secondary N) is 1. The standard InChI is InChI=1S/C18H19N3O2S/c1-4-12-6-8-13(9-7-12)20-16(22)15-11(3)14-17(24-15)19-10-21(5-2)18(14)23/h6-10H,4-5H2,1-3H3,(H,20,22). The molecule has 3 aromatic rings. The Morgan fingerprint density at radius 2 is 1.96 bits per heavy atom. The molecule has 124 valence electrons. The van der Waals surface area contributed by atoms with Gasteiger partial charge in [0.2, 0.25) is 0 Å². The Balaban J connectivity index is 1.96. The van der Waals surface area contributed by atoms with Gasteiger partial charge in [-0.3, -0.25) is 14.2 Å². The number of aryl methyl sites for hydroxylation is 3. The van der Waals surface area contributed by atoms with Crippen LogP contribution in [0, 0.1) is 6.92 Å². The monoisotopic (exact) mass is 341 g/mol. The van der Waals surface area contributed by atoms with Crippen molar-refractivity contribution in [2.75, 3.05) is 5.32 Å². The molecule has 1 amide bonds. The Bertz CT molecular complexity index is 955. The van der Waals surface area contributed by atoms with Crippen LogP contribution in [0.2, 0.25) is 0 Å². The van der Waals surface area contributed by atoms with E-state index in [1.165, 1.54) is 23.2 Å². The van der Waals surface area contributed by atoms with Crippen molar-refractivity contribution in [3.8, 4) is 0 Å². The number of nitrogens with zero attached hydrogens (tertiary/aromatic N) is 2. The highest BCUT2D eigenvalue weighted by molar-refractivity contribution is 7.20. The predicted octanol–water partition coefficient (Wildman–Crippen LogP) is 3.60.